The third-order valence-corrected chi connectivity index (χ3v) is 8.17. The van der Waals surface area contributed by atoms with Crippen LogP contribution < -0.4 is 19.7 Å². The first-order chi connectivity index (χ1) is 18.4. The maximum atomic E-state index is 15.9. The van der Waals surface area contributed by atoms with Gasteiger partial charge in [-0.15, -0.1) is 10.2 Å². The van der Waals surface area contributed by atoms with Crippen LogP contribution in [0.2, 0.25) is 0 Å². The molecule has 3 fully saturated rings. The van der Waals surface area contributed by atoms with Gasteiger partial charge in [-0.2, -0.15) is 0 Å². The average molecular weight is 521 g/mol. The number of benzene rings is 1. The number of alkyl halides is 1. The summed E-state index contributed by atoms with van der Waals surface area (Å²) in [4.78, 5) is 10.9. The number of methoxy groups -OCH3 is 2. The number of phenols is 1. The molecule has 9 nitrogen and oxygen atoms in total. The van der Waals surface area contributed by atoms with Crippen molar-refractivity contribution < 1.29 is 19.0 Å². The van der Waals surface area contributed by atoms with Crippen LogP contribution in [0.1, 0.15) is 45.4 Å². The van der Waals surface area contributed by atoms with Crippen molar-refractivity contribution >= 4 is 5.82 Å². The highest BCUT2D eigenvalue weighted by atomic mass is 19.1. The zero-order valence-electron chi connectivity index (χ0n) is 21.9. The van der Waals surface area contributed by atoms with Gasteiger partial charge in [0.2, 0.25) is 0 Å². The van der Waals surface area contributed by atoms with Gasteiger partial charge in [0.05, 0.1) is 32.0 Å². The van der Waals surface area contributed by atoms with Crippen molar-refractivity contribution in [2.24, 2.45) is 0 Å². The van der Waals surface area contributed by atoms with Crippen LogP contribution in [0, 0.1) is 0 Å². The van der Waals surface area contributed by atoms with Gasteiger partial charge in [0.25, 0.3) is 5.88 Å². The maximum Gasteiger partial charge on any atom is 0.256 e. The summed E-state index contributed by atoms with van der Waals surface area (Å²) < 4.78 is 26.4. The van der Waals surface area contributed by atoms with Crippen LogP contribution in [-0.2, 0) is 0 Å². The zero-order valence-corrected chi connectivity index (χ0v) is 21.9. The molecule has 1 saturated carbocycles. The quantitative estimate of drug-likeness (QED) is 0.472. The lowest BCUT2D eigenvalue weighted by molar-refractivity contribution is 0.0385. The molecule has 2 N–H and O–H groups in total. The maximum absolute atomic E-state index is 15.9. The van der Waals surface area contributed by atoms with E-state index in [1.807, 2.05) is 13.0 Å². The summed E-state index contributed by atoms with van der Waals surface area (Å²) in [5, 5.41) is 23.2. The van der Waals surface area contributed by atoms with E-state index in [9.17, 15) is 5.11 Å². The second kappa shape index (κ2) is 9.65. The number of fused-ring (bicyclic) bond motifs is 2. The van der Waals surface area contributed by atoms with Crippen LogP contribution >= 0.6 is 0 Å². The lowest BCUT2D eigenvalue weighted by atomic mass is 9.73. The Morgan fingerprint density at radius 3 is 2.58 bits per heavy atom. The highest BCUT2D eigenvalue weighted by Crippen LogP contribution is 2.43. The van der Waals surface area contributed by atoms with Crippen molar-refractivity contribution in [3.63, 3.8) is 0 Å². The predicted molar refractivity (Wildman–Crippen MR) is 141 cm³/mol. The summed E-state index contributed by atoms with van der Waals surface area (Å²) >= 11 is 0. The van der Waals surface area contributed by atoms with E-state index in [1.54, 1.807) is 37.7 Å². The molecule has 6 rings (SSSR count). The molecule has 0 unspecified atom stereocenters. The number of nitrogens with one attached hydrogen (secondary N) is 1. The van der Waals surface area contributed by atoms with Crippen LogP contribution in [0.3, 0.4) is 0 Å². The van der Waals surface area contributed by atoms with Crippen molar-refractivity contribution in [1.29, 1.82) is 0 Å². The third-order valence-electron chi connectivity index (χ3n) is 8.17. The minimum Gasteiger partial charge on any atom is -0.507 e. The molecule has 200 valence electrons. The molecule has 2 bridgehead atoms. The zero-order chi connectivity index (χ0) is 26.4. The van der Waals surface area contributed by atoms with E-state index in [-0.39, 0.29) is 17.8 Å². The van der Waals surface area contributed by atoms with E-state index < -0.39 is 11.7 Å². The van der Waals surface area contributed by atoms with E-state index in [0.717, 1.165) is 49.7 Å². The normalized spacial score (nSPS) is 26.6. The number of piperidine rings is 2. The Labute approximate surface area is 221 Å². The van der Waals surface area contributed by atoms with Gasteiger partial charge in [-0.3, -0.25) is 0 Å². The molecule has 38 heavy (non-hydrogen) atoms. The number of rotatable bonds is 7. The Bertz CT molecular complexity index is 1320. The fourth-order valence-corrected chi connectivity index (χ4v) is 6.09. The monoisotopic (exact) mass is 520 g/mol. The molecule has 2 saturated heterocycles. The topological polar surface area (TPSA) is 106 Å². The number of hydrogen-bond acceptors (Lipinski definition) is 9. The molecule has 1 aromatic carbocycles. The fraction of sp³-hybridized carbons (Fsp3) is 0.500. The number of halogens is 1. The van der Waals surface area contributed by atoms with Crippen molar-refractivity contribution in [2.75, 3.05) is 19.1 Å². The Kier molecular flexibility index (Phi) is 6.29. The molecule has 2 aliphatic heterocycles. The lowest BCUT2D eigenvalue weighted by Crippen LogP contribution is -2.69. The van der Waals surface area contributed by atoms with Crippen LogP contribution in [0.5, 0.6) is 17.4 Å². The molecule has 0 spiro atoms. The molecule has 2 aromatic heterocycles. The number of hydrogen-bond donors (Lipinski definition) is 2. The van der Waals surface area contributed by atoms with Crippen LogP contribution in [-0.4, -0.2) is 69.3 Å². The molecule has 3 aliphatic rings. The van der Waals surface area contributed by atoms with Gasteiger partial charge in [-0.05, 0) is 69.2 Å². The van der Waals surface area contributed by atoms with Gasteiger partial charge in [0.15, 0.2) is 17.4 Å². The van der Waals surface area contributed by atoms with Crippen molar-refractivity contribution in [3.05, 3.63) is 36.7 Å². The number of nitrogens with zero attached hydrogens (tertiary/aromatic N) is 5. The molecule has 0 radical (unpaired) electrons. The number of phenolic OH excluding ortho intramolecular Hbond substituents is 1. The van der Waals surface area contributed by atoms with Gasteiger partial charge in [0, 0.05) is 29.4 Å². The molecule has 4 atom stereocenters. The van der Waals surface area contributed by atoms with Gasteiger partial charge in [-0.25, -0.2) is 14.4 Å². The molecule has 10 heteroatoms. The summed E-state index contributed by atoms with van der Waals surface area (Å²) in [5.41, 5.74) is 1.48. The summed E-state index contributed by atoms with van der Waals surface area (Å²) in [6.07, 6.45) is 8.11. The van der Waals surface area contributed by atoms with E-state index in [1.165, 1.54) is 7.11 Å². The summed E-state index contributed by atoms with van der Waals surface area (Å²) in [5.74, 6) is 1.82. The van der Waals surface area contributed by atoms with E-state index in [0.29, 0.717) is 34.9 Å². The van der Waals surface area contributed by atoms with Gasteiger partial charge < -0.3 is 24.8 Å². The Morgan fingerprint density at radius 1 is 1.05 bits per heavy atom. The largest absolute Gasteiger partial charge is 0.507 e. The standard InChI is InChI=1S/C28H33FN6O3/c1-28-10-4-5-18(32-28)13-21(25(28)29)35(19-7-8-19)24-15-30-26(34-33-24)20-9-6-16(11-22(20)36)17-12-23(37-2)27(38-3)31-14-17/h6,9,11-12,14-15,18-19,21,25,32,36H,4-5,7-8,10,13H2,1-3H3/t18-,21+,25+,28-/m0/s1. The predicted octanol–water partition coefficient (Wildman–Crippen LogP) is 4.30. The number of ether oxygens (including phenoxy) is 2. The smallest absolute Gasteiger partial charge is 0.256 e. The number of pyridine rings is 1. The Balaban J connectivity index is 1.25. The second-order valence-electron chi connectivity index (χ2n) is 10.8. The molecular formula is C28H33FN6O3. The molecular weight excluding hydrogens is 487 g/mol. The van der Waals surface area contributed by atoms with Crippen LogP contribution in [0.4, 0.5) is 10.2 Å². The Morgan fingerprint density at radius 2 is 1.89 bits per heavy atom. The van der Waals surface area contributed by atoms with E-state index in [4.69, 9.17) is 9.47 Å². The second-order valence-corrected chi connectivity index (χ2v) is 10.8. The van der Waals surface area contributed by atoms with E-state index >= 15 is 4.39 Å². The highest BCUT2D eigenvalue weighted by Gasteiger charge is 2.52. The molecule has 0 amide bonds. The molecule has 1 aliphatic carbocycles. The van der Waals surface area contributed by atoms with Crippen molar-refractivity contribution in [3.8, 4) is 39.9 Å². The van der Waals surface area contributed by atoms with Crippen molar-refractivity contribution in [2.45, 2.75) is 75.3 Å². The summed E-state index contributed by atoms with van der Waals surface area (Å²) in [6.45, 7) is 2.01. The number of aromatic nitrogens is 4. The van der Waals surface area contributed by atoms with Gasteiger partial charge in [0.1, 0.15) is 11.9 Å². The van der Waals surface area contributed by atoms with Crippen LogP contribution in [0.25, 0.3) is 22.5 Å². The van der Waals surface area contributed by atoms with Gasteiger partial charge in [-0.1, -0.05) is 6.07 Å². The first kappa shape index (κ1) is 24.8. The van der Waals surface area contributed by atoms with Crippen LogP contribution in [0.15, 0.2) is 36.7 Å². The SMILES string of the molecule is COc1cc(-c2ccc(-c3ncc(N(C4CC4)[C@@H]4C[C@@H]5CCC[C@](C)(N5)[C@@H]4F)nn3)c(O)c2)cnc1OC. The average Bonchev–Trinajstić information content (AvgIpc) is 3.77. The minimum absolute atomic E-state index is 0.0220. The number of anilines is 1. The molecule has 3 aromatic rings. The van der Waals surface area contributed by atoms with Crippen molar-refractivity contribution in [1.82, 2.24) is 25.5 Å². The highest BCUT2D eigenvalue weighted by molar-refractivity contribution is 5.73. The molecule has 4 heterocycles. The summed E-state index contributed by atoms with van der Waals surface area (Å²) in [7, 11) is 3.08. The Hall–Kier alpha value is -3.53. The van der Waals surface area contributed by atoms with E-state index in [2.05, 4.69) is 30.4 Å². The first-order valence-corrected chi connectivity index (χ1v) is 13.2. The lowest BCUT2D eigenvalue weighted by Gasteiger charge is -2.52. The fourth-order valence-electron chi connectivity index (χ4n) is 6.09. The number of aromatic hydroxyl groups is 1. The van der Waals surface area contributed by atoms with Gasteiger partial charge >= 0.3 is 0 Å². The third kappa shape index (κ3) is 4.40. The first-order valence-electron chi connectivity index (χ1n) is 13.2. The minimum atomic E-state index is -0.996. The summed E-state index contributed by atoms with van der Waals surface area (Å²) in [6, 6.07) is 7.39.